The van der Waals surface area contributed by atoms with E-state index in [1.54, 1.807) is 0 Å². The van der Waals surface area contributed by atoms with Crippen LogP contribution in [0.25, 0.3) is 0 Å². The maximum absolute atomic E-state index is 12.5. The van der Waals surface area contributed by atoms with Crippen molar-refractivity contribution in [3.05, 3.63) is 97.2 Å². The highest BCUT2D eigenvalue weighted by atomic mass is 31.2. The van der Waals surface area contributed by atoms with Crippen molar-refractivity contribution in [1.29, 1.82) is 0 Å². The summed E-state index contributed by atoms with van der Waals surface area (Å²) in [6, 6.07) is 0. The molecule has 0 rings (SSSR count). The molecule has 2 atom stereocenters. The van der Waals surface area contributed by atoms with Crippen molar-refractivity contribution >= 4 is 13.8 Å². The Balaban J connectivity index is 4.15. The Bertz CT molecular complexity index is 1140. The highest BCUT2D eigenvalue weighted by Crippen LogP contribution is 2.43. The molecule has 54 heavy (non-hydrogen) atoms. The Morgan fingerprint density at radius 2 is 1.04 bits per heavy atom. The zero-order valence-corrected chi connectivity index (χ0v) is 34.8. The molecular weight excluding hydrogens is 697 g/mol. The molecule has 0 radical (unpaired) electrons. The van der Waals surface area contributed by atoms with Crippen molar-refractivity contribution in [2.45, 2.75) is 148 Å². The number of allylic oxidation sites excluding steroid dienone is 16. The summed E-state index contributed by atoms with van der Waals surface area (Å²) in [5.74, 6) is -0.362. The lowest BCUT2D eigenvalue weighted by Gasteiger charge is -2.20. The van der Waals surface area contributed by atoms with Crippen molar-refractivity contribution in [1.82, 2.24) is 0 Å². The lowest BCUT2D eigenvalue weighted by molar-refractivity contribution is -0.154. The van der Waals surface area contributed by atoms with E-state index in [1.165, 1.54) is 12.8 Å². The van der Waals surface area contributed by atoms with E-state index in [9.17, 15) is 14.3 Å². The first-order valence-electron chi connectivity index (χ1n) is 20.7. The molecule has 308 valence electrons. The quantitative estimate of drug-likeness (QED) is 0.0276. The van der Waals surface area contributed by atoms with Crippen molar-refractivity contribution in [2.24, 2.45) is 5.73 Å². The normalized spacial score (nSPS) is 14.5. The van der Waals surface area contributed by atoms with E-state index in [2.05, 4.69) is 111 Å². The molecule has 0 aromatic carbocycles. The number of esters is 1. The topological polar surface area (TPSA) is 117 Å². The van der Waals surface area contributed by atoms with Gasteiger partial charge in [-0.05, 0) is 89.9 Å². The molecule has 0 amide bonds. The van der Waals surface area contributed by atoms with Crippen LogP contribution in [-0.2, 0) is 27.9 Å². The molecule has 9 heteroatoms. The first kappa shape index (κ1) is 51.4. The minimum atomic E-state index is -4.29. The van der Waals surface area contributed by atoms with Gasteiger partial charge in [0.2, 0.25) is 0 Å². The molecule has 2 unspecified atom stereocenters. The average Bonchev–Trinajstić information content (AvgIpc) is 3.16. The summed E-state index contributed by atoms with van der Waals surface area (Å²) >= 11 is 0. The number of carbonyl (C=O) groups excluding carboxylic acids is 1. The standard InChI is InChI=1S/C45H76NO7P/c1-3-5-7-9-11-13-15-16-17-18-19-20-21-22-23-24-25-26-27-29-31-33-35-37-40-50-42-44(43-52-54(48,49)51-41-39-46)53-45(47)38-36-34-32-30-28-14-12-10-8-6-4-2/h5,7,10-13,16-17,19-20,22-23,25-26,29,31,44H,3-4,6,8-9,14-15,18,21,24,27-28,30,32-43,46H2,1-2H3,(H,48,49)/b7-5-,12-10-,13-11-,17-16-,20-19-,23-22-,26-25-,31-29-. The van der Waals surface area contributed by atoms with Crippen molar-refractivity contribution < 1.29 is 32.8 Å². The van der Waals surface area contributed by atoms with Crippen LogP contribution in [-0.4, -0.2) is 49.9 Å². The summed E-state index contributed by atoms with van der Waals surface area (Å²) in [5, 5.41) is 0. The van der Waals surface area contributed by atoms with Crippen LogP contribution >= 0.6 is 7.82 Å². The summed E-state index contributed by atoms with van der Waals surface area (Å²) < 4.78 is 33.3. The monoisotopic (exact) mass is 774 g/mol. The van der Waals surface area contributed by atoms with Crippen LogP contribution in [0.1, 0.15) is 142 Å². The number of phosphoric acid groups is 1. The van der Waals surface area contributed by atoms with Gasteiger partial charge >= 0.3 is 13.8 Å². The van der Waals surface area contributed by atoms with Gasteiger partial charge in [0.1, 0.15) is 6.10 Å². The summed E-state index contributed by atoms with van der Waals surface area (Å²) in [5.41, 5.74) is 5.35. The van der Waals surface area contributed by atoms with Crippen LogP contribution in [0, 0.1) is 0 Å². The summed E-state index contributed by atoms with van der Waals surface area (Å²) in [7, 11) is -4.29. The lowest BCUT2D eigenvalue weighted by Crippen LogP contribution is -2.28. The predicted molar refractivity (Wildman–Crippen MR) is 228 cm³/mol. The van der Waals surface area contributed by atoms with E-state index >= 15 is 0 Å². The van der Waals surface area contributed by atoms with Gasteiger partial charge in [-0.2, -0.15) is 0 Å². The number of hydrogen-bond donors (Lipinski definition) is 2. The Hall–Kier alpha value is -2.58. The number of nitrogens with two attached hydrogens (primary N) is 1. The summed E-state index contributed by atoms with van der Waals surface area (Å²) in [4.78, 5) is 22.4. The first-order valence-corrected chi connectivity index (χ1v) is 22.2. The van der Waals surface area contributed by atoms with E-state index < -0.39 is 13.9 Å². The molecule has 0 aliphatic heterocycles. The highest BCUT2D eigenvalue weighted by molar-refractivity contribution is 7.47. The van der Waals surface area contributed by atoms with Crippen molar-refractivity contribution in [3.8, 4) is 0 Å². The molecule has 3 N–H and O–H groups in total. The molecule has 0 aliphatic rings. The van der Waals surface area contributed by atoms with Gasteiger partial charge in [-0.15, -0.1) is 0 Å². The minimum Gasteiger partial charge on any atom is -0.457 e. The van der Waals surface area contributed by atoms with E-state index in [4.69, 9.17) is 24.3 Å². The van der Waals surface area contributed by atoms with Crippen molar-refractivity contribution in [3.63, 3.8) is 0 Å². The average molecular weight is 774 g/mol. The number of carbonyl (C=O) groups is 1. The molecule has 8 nitrogen and oxygen atoms in total. The lowest BCUT2D eigenvalue weighted by atomic mass is 10.1. The van der Waals surface area contributed by atoms with Gasteiger partial charge in [-0.3, -0.25) is 13.8 Å². The zero-order valence-electron chi connectivity index (χ0n) is 33.9. The number of phosphoric ester groups is 1. The molecule has 0 saturated carbocycles. The van der Waals surface area contributed by atoms with Gasteiger partial charge < -0.3 is 20.1 Å². The molecule has 0 aromatic heterocycles. The fraction of sp³-hybridized carbons (Fsp3) is 0.622. The van der Waals surface area contributed by atoms with Gasteiger partial charge in [0, 0.05) is 19.6 Å². The van der Waals surface area contributed by atoms with Crippen LogP contribution < -0.4 is 5.73 Å². The van der Waals surface area contributed by atoms with E-state index in [1.807, 2.05) is 0 Å². The maximum atomic E-state index is 12.5. The molecule has 0 aliphatic carbocycles. The largest absolute Gasteiger partial charge is 0.472 e. The fourth-order valence-corrected chi connectivity index (χ4v) is 5.72. The van der Waals surface area contributed by atoms with Crippen molar-refractivity contribution in [2.75, 3.05) is 33.0 Å². The third kappa shape index (κ3) is 40.6. The number of ether oxygens (including phenoxy) is 2. The third-order valence-corrected chi connectivity index (χ3v) is 8.97. The summed E-state index contributed by atoms with van der Waals surface area (Å²) in [6.45, 7) is 4.60. The van der Waals surface area contributed by atoms with Crippen LogP contribution in [0.15, 0.2) is 97.2 Å². The Labute approximate surface area is 330 Å². The second-order valence-electron chi connectivity index (χ2n) is 13.1. The van der Waals surface area contributed by atoms with E-state index in [0.717, 1.165) is 109 Å². The van der Waals surface area contributed by atoms with Crippen LogP contribution in [0.3, 0.4) is 0 Å². The smallest absolute Gasteiger partial charge is 0.457 e. The molecule has 0 saturated heterocycles. The number of unbranched alkanes of at least 4 members (excludes halogenated alkanes) is 9. The highest BCUT2D eigenvalue weighted by Gasteiger charge is 2.25. The predicted octanol–water partition coefficient (Wildman–Crippen LogP) is 12.3. The first-order chi connectivity index (χ1) is 26.4. The maximum Gasteiger partial charge on any atom is 0.472 e. The molecular formula is C45H76NO7P. The molecule has 0 fully saturated rings. The summed E-state index contributed by atoms with van der Waals surface area (Å²) in [6.07, 6.45) is 54.4. The number of rotatable bonds is 38. The molecule has 0 aromatic rings. The van der Waals surface area contributed by atoms with E-state index in [0.29, 0.717) is 13.0 Å². The van der Waals surface area contributed by atoms with Crippen LogP contribution in [0.4, 0.5) is 0 Å². The second-order valence-corrected chi connectivity index (χ2v) is 14.6. The second kappa shape index (κ2) is 41.6. The van der Waals surface area contributed by atoms with Gasteiger partial charge in [0.05, 0.1) is 19.8 Å². The van der Waals surface area contributed by atoms with Gasteiger partial charge in [-0.25, -0.2) is 4.57 Å². The number of hydrogen-bond acceptors (Lipinski definition) is 7. The molecule has 0 bridgehead atoms. The Kier molecular flexibility index (Phi) is 39.6. The Morgan fingerprint density at radius 1 is 0.574 bits per heavy atom. The van der Waals surface area contributed by atoms with Crippen LogP contribution in [0.5, 0.6) is 0 Å². The van der Waals surface area contributed by atoms with E-state index in [-0.39, 0.29) is 32.3 Å². The molecule has 0 spiro atoms. The van der Waals surface area contributed by atoms with Crippen LogP contribution in [0.2, 0.25) is 0 Å². The minimum absolute atomic E-state index is 0.0763. The SMILES string of the molecule is CC/C=C\C/C=C\C/C=C\C/C=C\C/C=C\C/C=C\C/C=C\CCCCOCC(COP(=O)(O)OCCN)OC(=O)CCCCCCC/C=C\CCCC. The molecule has 0 heterocycles. The van der Waals surface area contributed by atoms with Gasteiger partial charge in [-0.1, -0.05) is 143 Å². The third-order valence-electron chi connectivity index (χ3n) is 7.99. The Morgan fingerprint density at radius 3 is 1.57 bits per heavy atom. The fourth-order valence-electron chi connectivity index (χ4n) is 4.95. The van der Waals surface area contributed by atoms with Gasteiger partial charge in [0.25, 0.3) is 0 Å². The zero-order chi connectivity index (χ0) is 39.5. The van der Waals surface area contributed by atoms with Gasteiger partial charge in [0.15, 0.2) is 0 Å².